The van der Waals surface area contributed by atoms with Crippen LogP contribution in [0.15, 0.2) is 17.5 Å². The molecule has 0 saturated heterocycles. The van der Waals surface area contributed by atoms with E-state index >= 15 is 0 Å². The van der Waals surface area contributed by atoms with Crippen LogP contribution >= 0.6 is 11.3 Å². The fourth-order valence-electron chi connectivity index (χ4n) is 0.761. The molecular formula is C7H8F3NS. The summed E-state index contributed by atoms with van der Waals surface area (Å²) < 4.78 is 35.8. The predicted octanol–water partition coefficient (Wildman–Crippen LogP) is 2.18. The van der Waals surface area contributed by atoms with Gasteiger partial charge in [0.05, 0.1) is 0 Å². The van der Waals surface area contributed by atoms with Gasteiger partial charge in [0, 0.05) is 11.3 Å². The van der Waals surface area contributed by atoms with Crippen molar-refractivity contribution in [1.29, 1.82) is 0 Å². The second-order valence-electron chi connectivity index (χ2n) is 2.43. The molecule has 0 aliphatic heterocycles. The SMILES string of the molecule is N[C@H](Cc1cccs1)C(F)(F)F. The van der Waals surface area contributed by atoms with Crippen molar-refractivity contribution < 1.29 is 13.2 Å². The largest absolute Gasteiger partial charge is 0.403 e. The molecule has 0 fully saturated rings. The van der Waals surface area contributed by atoms with Gasteiger partial charge in [-0.25, -0.2) is 0 Å². The number of hydrogen-bond donors (Lipinski definition) is 1. The summed E-state index contributed by atoms with van der Waals surface area (Å²) in [5, 5.41) is 1.73. The van der Waals surface area contributed by atoms with Crippen LogP contribution < -0.4 is 5.73 Å². The van der Waals surface area contributed by atoms with E-state index in [2.05, 4.69) is 0 Å². The van der Waals surface area contributed by atoms with Crippen molar-refractivity contribution in [2.24, 2.45) is 5.73 Å². The third-order valence-electron chi connectivity index (χ3n) is 1.42. The number of hydrogen-bond acceptors (Lipinski definition) is 2. The summed E-state index contributed by atoms with van der Waals surface area (Å²) in [7, 11) is 0. The van der Waals surface area contributed by atoms with E-state index in [-0.39, 0.29) is 6.42 Å². The Morgan fingerprint density at radius 2 is 2.17 bits per heavy atom. The Labute approximate surface area is 72.0 Å². The Morgan fingerprint density at radius 3 is 2.58 bits per heavy atom. The molecule has 0 saturated carbocycles. The van der Waals surface area contributed by atoms with Crippen molar-refractivity contribution in [1.82, 2.24) is 0 Å². The van der Waals surface area contributed by atoms with E-state index in [9.17, 15) is 13.2 Å². The first-order valence-electron chi connectivity index (χ1n) is 3.35. The number of halogens is 3. The molecule has 0 aromatic carbocycles. The van der Waals surface area contributed by atoms with Crippen molar-refractivity contribution in [2.75, 3.05) is 0 Å². The van der Waals surface area contributed by atoms with Crippen LogP contribution in [0.3, 0.4) is 0 Å². The summed E-state index contributed by atoms with van der Waals surface area (Å²) in [4.78, 5) is 0.667. The second-order valence-corrected chi connectivity index (χ2v) is 3.46. The van der Waals surface area contributed by atoms with Crippen LogP contribution in [0.25, 0.3) is 0 Å². The summed E-state index contributed by atoms with van der Waals surface area (Å²) in [6, 6.07) is 1.62. The highest BCUT2D eigenvalue weighted by Gasteiger charge is 2.36. The standard InChI is InChI=1S/C7H8F3NS/c8-7(9,10)6(11)4-5-2-1-3-12-5/h1-3,6H,4,11H2/t6-/m1/s1. The van der Waals surface area contributed by atoms with Crippen LogP contribution in [0.2, 0.25) is 0 Å². The van der Waals surface area contributed by atoms with Gasteiger partial charge in [-0.15, -0.1) is 11.3 Å². The smallest absolute Gasteiger partial charge is 0.320 e. The Kier molecular flexibility index (Phi) is 2.74. The Bertz CT molecular complexity index is 229. The molecule has 68 valence electrons. The molecule has 0 spiro atoms. The summed E-state index contributed by atoms with van der Waals surface area (Å²) in [6.07, 6.45) is -4.41. The first kappa shape index (κ1) is 9.54. The maximum atomic E-state index is 11.9. The maximum absolute atomic E-state index is 11.9. The van der Waals surface area contributed by atoms with Gasteiger partial charge in [0.1, 0.15) is 6.04 Å². The Balaban J connectivity index is 2.53. The van der Waals surface area contributed by atoms with Crippen LogP contribution in [-0.4, -0.2) is 12.2 Å². The highest BCUT2D eigenvalue weighted by Crippen LogP contribution is 2.22. The molecule has 1 heterocycles. The van der Waals surface area contributed by atoms with Gasteiger partial charge >= 0.3 is 6.18 Å². The van der Waals surface area contributed by atoms with Gasteiger partial charge in [-0.2, -0.15) is 13.2 Å². The number of thiophene rings is 1. The van der Waals surface area contributed by atoms with E-state index in [1.165, 1.54) is 11.3 Å². The van der Waals surface area contributed by atoms with Crippen molar-refractivity contribution >= 4 is 11.3 Å². The zero-order chi connectivity index (χ0) is 9.19. The molecule has 0 radical (unpaired) electrons. The van der Waals surface area contributed by atoms with Gasteiger partial charge in [-0.3, -0.25) is 0 Å². The van der Waals surface area contributed by atoms with Crippen LogP contribution in [0.4, 0.5) is 13.2 Å². The molecule has 2 N–H and O–H groups in total. The summed E-state index contributed by atoms with van der Waals surface area (Å²) >= 11 is 1.29. The van der Waals surface area contributed by atoms with Gasteiger partial charge in [-0.1, -0.05) is 6.07 Å². The molecule has 0 aliphatic rings. The Morgan fingerprint density at radius 1 is 1.50 bits per heavy atom. The lowest BCUT2D eigenvalue weighted by Crippen LogP contribution is -2.38. The molecular weight excluding hydrogens is 187 g/mol. The van der Waals surface area contributed by atoms with Crippen molar-refractivity contribution in [3.8, 4) is 0 Å². The minimum absolute atomic E-state index is 0.124. The average molecular weight is 195 g/mol. The monoisotopic (exact) mass is 195 g/mol. The van der Waals surface area contributed by atoms with Crippen LogP contribution in [-0.2, 0) is 6.42 Å². The van der Waals surface area contributed by atoms with E-state index < -0.39 is 12.2 Å². The third-order valence-corrected chi connectivity index (χ3v) is 2.32. The van der Waals surface area contributed by atoms with E-state index in [4.69, 9.17) is 5.73 Å². The minimum atomic E-state index is -4.29. The van der Waals surface area contributed by atoms with Crippen LogP contribution in [0.1, 0.15) is 4.88 Å². The lowest BCUT2D eigenvalue weighted by Gasteiger charge is -2.13. The fraction of sp³-hybridized carbons (Fsp3) is 0.429. The predicted molar refractivity (Wildman–Crippen MR) is 42.1 cm³/mol. The van der Waals surface area contributed by atoms with E-state index in [1.54, 1.807) is 17.5 Å². The highest BCUT2D eigenvalue weighted by molar-refractivity contribution is 7.09. The van der Waals surface area contributed by atoms with Gasteiger partial charge in [0.2, 0.25) is 0 Å². The Hall–Kier alpha value is -0.550. The second kappa shape index (κ2) is 3.45. The van der Waals surface area contributed by atoms with E-state index in [1.807, 2.05) is 0 Å². The lowest BCUT2D eigenvalue weighted by molar-refractivity contribution is -0.147. The molecule has 0 aliphatic carbocycles. The first-order chi connectivity index (χ1) is 5.50. The highest BCUT2D eigenvalue weighted by atomic mass is 32.1. The average Bonchev–Trinajstić information content (AvgIpc) is 2.37. The quantitative estimate of drug-likeness (QED) is 0.769. The number of nitrogens with two attached hydrogens (primary N) is 1. The molecule has 0 bridgehead atoms. The molecule has 0 amide bonds. The van der Waals surface area contributed by atoms with Gasteiger partial charge in [-0.05, 0) is 11.4 Å². The van der Waals surface area contributed by atoms with Gasteiger partial charge in [0.25, 0.3) is 0 Å². The van der Waals surface area contributed by atoms with Gasteiger partial charge in [0.15, 0.2) is 0 Å². The topological polar surface area (TPSA) is 26.0 Å². The van der Waals surface area contributed by atoms with Crippen molar-refractivity contribution in [3.63, 3.8) is 0 Å². The molecule has 1 aromatic rings. The zero-order valence-electron chi connectivity index (χ0n) is 6.14. The normalized spacial score (nSPS) is 14.7. The summed E-state index contributed by atoms with van der Waals surface area (Å²) in [5.41, 5.74) is 4.92. The zero-order valence-corrected chi connectivity index (χ0v) is 6.95. The molecule has 1 atom stereocenters. The van der Waals surface area contributed by atoms with Crippen LogP contribution in [0.5, 0.6) is 0 Å². The fourth-order valence-corrected chi connectivity index (χ4v) is 1.53. The minimum Gasteiger partial charge on any atom is -0.320 e. The molecule has 1 aromatic heterocycles. The molecule has 1 nitrogen and oxygen atoms in total. The summed E-state index contributed by atoms with van der Waals surface area (Å²) in [6.45, 7) is 0. The first-order valence-corrected chi connectivity index (χ1v) is 4.23. The third kappa shape index (κ3) is 2.49. The maximum Gasteiger partial charge on any atom is 0.403 e. The number of alkyl halides is 3. The van der Waals surface area contributed by atoms with Gasteiger partial charge < -0.3 is 5.73 Å². The lowest BCUT2D eigenvalue weighted by atomic mass is 10.2. The summed E-state index contributed by atoms with van der Waals surface area (Å²) in [5.74, 6) is 0. The molecule has 1 rings (SSSR count). The molecule has 5 heteroatoms. The van der Waals surface area contributed by atoms with Crippen LogP contribution in [0, 0.1) is 0 Å². The van der Waals surface area contributed by atoms with E-state index in [0.29, 0.717) is 4.88 Å². The molecule has 12 heavy (non-hydrogen) atoms. The van der Waals surface area contributed by atoms with Crippen molar-refractivity contribution in [2.45, 2.75) is 18.6 Å². The number of rotatable bonds is 2. The van der Waals surface area contributed by atoms with Crippen molar-refractivity contribution in [3.05, 3.63) is 22.4 Å². The van der Waals surface area contributed by atoms with E-state index in [0.717, 1.165) is 0 Å². The molecule has 0 unspecified atom stereocenters.